The monoisotopic (exact) mass is 321 g/mol. The van der Waals surface area contributed by atoms with Gasteiger partial charge in [0.1, 0.15) is 11.6 Å². The number of rotatable bonds is 1. The van der Waals surface area contributed by atoms with Gasteiger partial charge in [0.25, 0.3) is 5.56 Å². The summed E-state index contributed by atoms with van der Waals surface area (Å²) in [5, 5.41) is 0.580. The number of aromatic nitrogens is 2. The van der Waals surface area contributed by atoms with Crippen molar-refractivity contribution in [1.82, 2.24) is 9.55 Å². The summed E-state index contributed by atoms with van der Waals surface area (Å²) >= 11 is 0. The number of benzene rings is 2. The highest BCUT2D eigenvalue weighted by Gasteiger charge is 2.18. The number of halogens is 1. The van der Waals surface area contributed by atoms with Crippen molar-refractivity contribution in [3.05, 3.63) is 70.0 Å². The molecular weight excluding hydrogens is 305 g/mol. The van der Waals surface area contributed by atoms with E-state index in [9.17, 15) is 9.18 Å². The molecule has 1 aliphatic rings. The molecule has 0 spiro atoms. The van der Waals surface area contributed by atoms with Crippen LogP contribution in [-0.2, 0) is 6.54 Å². The fraction of sp³-hybridized carbons (Fsp3) is 0.158. The summed E-state index contributed by atoms with van der Waals surface area (Å²) in [5.41, 5.74) is 8.84. The molecule has 4 nitrogen and oxygen atoms in total. The van der Waals surface area contributed by atoms with Crippen molar-refractivity contribution in [3.8, 4) is 0 Å². The molecule has 3 aromatic rings. The van der Waals surface area contributed by atoms with E-state index in [0.717, 1.165) is 24.0 Å². The van der Waals surface area contributed by atoms with Gasteiger partial charge in [0.2, 0.25) is 0 Å². The minimum Gasteiger partial charge on any atom is -0.399 e. The normalized spacial score (nSPS) is 15.6. The van der Waals surface area contributed by atoms with Crippen LogP contribution in [0.2, 0.25) is 0 Å². The van der Waals surface area contributed by atoms with Gasteiger partial charge in [-0.2, -0.15) is 0 Å². The van der Waals surface area contributed by atoms with E-state index in [4.69, 9.17) is 5.73 Å². The van der Waals surface area contributed by atoms with Crippen LogP contribution in [0.3, 0.4) is 0 Å². The summed E-state index contributed by atoms with van der Waals surface area (Å²) < 4.78 is 14.8. The topological polar surface area (TPSA) is 60.9 Å². The molecule has 2 N–H and O–H groups in total. The Balaban J connectivity index is 1.92. The maximum atomic E-state index is 13.1. The first-order valence-corrected chi connectivity index (χ1v) is 7.88. The Morgan fingerprint density at radius 2 is 1.96 bits per heavy atom. The van der Waals surface area contributed by atoms with Gasteiger partial charge in [-0.25, -0.2) is 9.37 Å². The lowest BCUT2D eigenvalue weighted by Crippen LogP contribution is -2.27. The van der Waals surface area contributed by atoms with Crippen LogP contribution in [0.15, 0.2) is 47.3 Å². The molecule has 0 unspecified atom stereocenters. The van der Waals surface area contributed by atoms with Crippen molar-refractivity contribution < 1.29 is 4.39 Å². The first-order valence-electron chi connectivity index (χ1n) is 7.88. The Morgan fingerprint density at radius 3 is 2.75 bits per heavy atom. The molecule has 0 saturated carbocycles. The molecular formula is C19H16FN3O. The number of anilines is 1. The van der Waals surface area contributed by atoms with E-state index >= 15 is 0 Å². The molecule has 5 heteroatoms. The molecule has 0 fully saturated rings. The van der Waals surface area contributed by atoms with E-state index in [2.05, 4.69) is 4.98 Å². The molecule has 0 atom stereocenters. The third kappa shape index (κ3) is 2.48. The maximum Gasteiger partial charge on any atom is 0.261 e. The molecule has 120 valence electrons. The Hall–Kier alpha value is -2.95. The van der Waals surface area contributed by atoms with Crippen LogP contribution in [0.5, 0.6) is 0 Å². The Labute approximate surface area is 138 Å². The second kappa shape index (κ2) is 5.60. The zero-order valence-corrected chi connectivity index (χ0v) is 13.0. The first-order chi connectivity index (χ1) is 11.6. The third-order valence-corrected chi connectivity index (χ3v) is 4.31. The van der Waals surface area contributed by atoms with Crippen molar-refractivity contribution in [2.45, 2.75) is 19.4 Å². The molecule has 24 heavy (non-hydrogen) atoms. The van der Waals surface area contributed by atoms with Gasteiger partial charge in [0.05, 0.1) is 10.9 Å². The van der Waals surface area contributed by atoms with E-state index in [1.165, 1.54) is 12.1 Å². The fourth-order valence-corrected chi connectivity index (χ4v) is 3.13. The average Bonchev–Trinajstić information content (AvgIpc) is 2.57. The smallest absolute Gasteiger partial charge is 0.261 e. The van der Waals surface area contributed by atoms with Crippen molar-refractivity contribution in [1.29, 1.82) is 0 Å². The SMILES string of the molecule is Nc1ccc2c(=O)n3c(nc2c1)C(=Cc1ccc(F)cc1)CCC3. The summed E-state index contributed by atoms with van der Waals surface area (Å²) in [6, 6.07) is 11.5. The lowest BCUT2D eigenvalue weighted by Gasteiger charge is -2.21. The van der Waals surface area contributed by atoms with E-state index in [-0.39, 0.29) is 11.4 Å². The van der Waals surface area contributed by atoms with Gasteiger partial charge in [-0.15, -0.1) is 0 Å². The minimum absolute atomic E-state index is 0.0419. The van der Waals surface area contributed by atoms with Gasteiger partial charge < -0.3 is 5.73 Å². The zero-order chi connectivity index (χ0) is 16.7. The summed E-state index contributed by atoms with van der Waals surface area (Å²) in [4.78, 5) is 17.4. The molecule has 2 aromatic carbocycles. The highest BCUT2D eigenvalue weighted by Crippen LogP contribution is 2.27. The predicted octanol–water partition coefficient (Wildman–Crippen LogP) is 3.45. The summed E-state index contributed by atoms with van der Waals surface area (Å²) in [7, 11) is 0. The highest BCUT2D eigenvalue weighted by molar-refractivity contribution is 5.85. The molecule has 2 heterocycles. The lowest BCUT2D eigenvalue weighted by molar-refractivity contribution is 0.587. The fourth-order valence-electron chi connectivity index (χ4n) is 3.13. The molecule has 0 saturated heterocycles. The predicted molar refractivity (Wildman–Crippen MR) is 93.9 cm³/mol. The van der Waals surface area contributed by atoms with Gasteiger partial charge in [0, 0.05) is 12.2 Å². The van der Waals surface area contributed by atoms with Crippen LogP contribution < -0.4 is 11.3 Å². The van der Waals surface area contributed by atoms with Crippen LogP contribution in [0.25, 0.3) is 22.6 Å². The number of nitrogens with zero attached hydrogens (tertiary/aromatic N) is 2. The second-order valence-corrected chi connectivity index (χ2v) is 5.99. The van der Waals surface area contributed by atoms with Gasteiger partial charge in [-0.1, -0.05) is 12.1 Å². The molecule has 0 bridgehead atoms. The summed E-state index contributed by atoms with van der Waals surface area (Å²) in [6.07, 6.45) is 3.68. The molecule has 0 amide bonds. The third-order valence-electron chi connectivity index (χ3n) is 4.31. The van der Waals surface area contributed by atoms with Gasteiger partial charge in [-0.3, -0.25) is 9.36 Å². The van der Waals surface area contributed by atoms with Gasteiger partial charge in [0.15, 0.2) is 0 Å². The molecule has 1 aliphatic heterocycles. The Morgan fingerprint density at radius 1 is 1.17 bits per heavy atom. The average molecular weight is 321 g/mol. The van der Waals surface area contributed by atoms with Crippen molar-refractivity contribution in [2.75, 3.05) is 5.73 Å². The van der Waals surface area contributed by atoms with Crippen LogP contribution in [0.1, 0.15) is 24.2 Å². The van der Waals surface area contributed by atoms with Crippen LogP contribution >= 0.6 is 0 Å². The van der Waals surface area contributed by atoms with Crippen molar-refractivity contribution in [3.63, 3.8) is 0 Å². The number of hydrogen-bond donors (Lipinski definition) is 1. The molecule has 0 aliphatic carbocycles. The van der Waals surface area contributed by atoms with E-state index in [1.54, 1.807) is 34.9 Å². The van der Waals surface area contributed by atoms with Crippen molar-refractivity contribution in [2.24, 2.45) is 0 Å². The molecule has 0 radical (unpaired) electrons. The van der Waals surface area contributed by atoms with Crippen LogP contribution in [-0.4, -0.2) is 9.55 Å². The minimum atomic E-state index is -0.267. The first kappa shape index (κ1) is 14.6. The quantitative estimate of drug-likeness (QED) is 0.698. The van der Waals surface area contributed by atoms with Crippen LogP contribution in [0.4, 0.5) is 10.1 Å². The van der Waals surface area contributed by atoms with E-state index in [0.29, 0.717) is 29.0 Å². The van der Waals surface area contributed by atoms with E-state index in [1.807, 2.05) is 6.08 Å². The Kier molecular flexibility index (Phi) is 3.41. The van der Waals surface area contributed by atoms with Crippen LogP contribution in [0, 0.1) is 5.82 Å². The Bertz CT molecular complexity index is 1020. The number of fused-ring (bicyclic) bond motifs is 2. The molecule has 4 rings (SSSR count). The van der Waals surface area contributed by atoms with Gasteiger partial charge in [-0.05, 0) is 60.4 Å². The van der Waals surface area contributed by atoms with Crippen molar-refractivity contribution >= 4 is 28.2 Å². The summed E-state index contributed by atoms with van der Waals surface area (Å²) in [6.45, 7) is 0.655. The number of hydrogen-bond acceptors (Lipinski definition) is 3. The second-order valence-electron chi connectivity index (χ2n) is 5.99. The maximum absolute atomic E-state index is 13.1. The van der Waals surface area contributed by atoms with E-state index < -0.39 is 0 Å². The largest absolute Gasteiger partial charge is 0.399 e. The number of nitrogens with two attached hydrogens (primary N) is 1. The van der Waals surface area contributed by atoms with Gasteiger partial charge >= 0.3 is 0 Å². The summed E-state index contributed by atoms with van der Waals surface area (Å²) in [5.74, 6) is 0.408. The zero-order valence-electron chi connectivity index (χ0n) is 13.0. The molecule has 1 aromatic heterocycles. The number of nitrogen functional groups attached to an aromatic ring is 1. The standard InChI is InChI=1S/C19H16FN3O/c20-14-5-3-12(4-6-14)10-13-2-1-9-23-18(13)22-17-11-15(21)7-8-16(17)19(23)24/h3-8,10-11H,1-2,9,21H2. The number of allylic oxidation sites excluding steroid dienone is 1. The lowest BCUT2D eigenvalue weighted by atomic mass is 10.0. The highest BCUT2D eigenvalue weighted by atomic mass is 19.1.